The quantitative estimate of drug-likeness (QED) is 0.871. The third-order valence-corrected chi connectivity index (χ3v) is 4.55. The maximum absolute atomic E-state index is 13.6. The van der Waals surface area contributed by atoms with E-state index in [2.05, 4.69) is 0 Å². The summed E-state index contributed by atoms with van der Waals surface area (Å²) in [6.07, 6.45) is 7.87. The second kappa shape index (κ2) is 5.49. The Morgan fingerprint density at radius 3 is 2.90 bits per heavy atom. The lowest BCUT2D eigenvalue weighted by Crippen LogP contribution is -2.22. The average Bonchev–Trinajstić information content (AvgIpc) is 2.57. The van der Waals surface area contributed by atoms with Crippen LogP contribution in [0, 0.1) is 17.7 Å². The summed E-state index contributed by atoms with van der Waals surface area (Å²) in [7, 11) is 0. The minimum Gasteiger partial charge on any atom is -0.330 e. The number of benzene rings is 1. The number of hydrogen-bond acceptors (Lipinski definition) is 1. The molecule has 3 atom stereocenters. The fourth-order valence-corrected chi connectivity index (χ4v) is 3.61. The molecule has 1 aromatic rings. The van der Waals surface area contributed by atoms with Gasteiger partial charge in [-0.25, -0.2) is 8.78 Å². The summed E-state index contributed by atoms with van der Waals surface area (Å²) in [4.78, 5) is 0. The number of halogens is 2. The first-order chi connectivity index (χ1) is 9.69. The van der Waals surface area contributed by atoms with Gasteiger partial charge < -0.3 is 5.73 Å². The Kier molecular flexibility index (Phi) is 3.70. The zero-order valence-electron chi connectivity index (χ0n) is 11.4. The van der Waals surface area contributed by atoms with E-state index in [-0.39, 0.29) is 23.5 Å². The van der Waals surface area contributed by atoms with Gasteiger partial charge in [0.25, 0.3) is 0 Å². The summed E-state index contributed by atoms with van der Waals surface area (Å²) in [5.41, 5.74) is 7.93. The lowest BCUT2D eigenvalue weighted by Gasteiger charge is -2.30. The molecule has 106 valence electrons. The Hall–Kier alpha value is -1.48. The average molecular weight is 275 g/mol. The molecule has 0 saturated heterocycles. The van der Waals surface area contributed by atoms with Gasteiger partial charge in [0.1, 0.15) is 11.6 Å². The summed E-state index contributed by atoms with van der Waals surface area (Å²) in [5, 5.41) is 0. The number of hydrogen-bond donors (Lipinski definition) is 1. The Morgan fingerprint density at radius 2 is 2.10 bits per heavy atom. The zero-order chi connectivity index (χ0) is 14.1. The second-order valence-electron chi connectivity index (χ2n) is 5.72. The van der Waals surface area contributed by atoms with Crippen LogP contribution < -0.4 is 5.73 Å². The highest BCUT2D eigenvalue weighted by Gasteiger charge is 2.33. The van der Waals surface area contributed by atoms with Crippen molar-refractivity contribution in [1.82, 2.24) is 0 Å². The molecule has 0 amide bonds. The molecule has 1 nitrogen and oxygen atoms in total. The summed E-state index contributed by atoms with van der Waals surface area (Å²) in [5.74, 6) is 0.107. The van der Waals surface area contributed by atoms with Gasteiger partial charge >= 0.3 is 0 Å². The van der Waals surface area contributed by atoms with Crippen molar-refractivity contribution in [1.29, 1.82) is 0 Å². The zero-order valence-corrected chi connectivity index (χ0v) is 11.4. The first-order valence-electron chi connectivity index (χ1n) is 7.23. The van der Waals surface area contributed by atoms with Crippen molar-refractivity contribution in [2.24, 2.45) is 17.6 Å². The van der Waals surface area contributed by atoms with E-state index in [4.69, 9.17) is 5.73 Å². The molecule has 3 unspecified atom stereocenters. The van der Waals surface area contributed by atoms with Gasteiger partial charge in [-0.15, -0.1) is 0 Å². The van der Waals surface area contributed by atoms with Crippen molar-refractivity contribution in [2.75, 3.05) is 6.54 Å². The Bertz CT molecular complexity index is 562. The minimum absolute atomic E-state index is 0.0894. The molecule has 1 aromatic carbocycles. The molecule has 0 heterocycles. The molecule has 0 bridgehead atoms. The van der Waals surface area contributed by atoms with Gasteiger partial charge in [0.2, 0.25) is 0 Å². The van der Waals surface area contributed by atoms with E-state index in [1.807, 2.05) is 12.1 Å². The Labute approximate surface area is 118 Å². The first-order valence-corrected chi connectivity index (χ1v) is 7.23. The molecule has 0 spiro atoms. The molecule has 3 heteroatoms. The molecular weight excluding hydrogens is 256 g/mol. The fraction of sp³-hybridized carbons (Fsp3) is 0.412. The summed E-state index contributed by atoms with van der Waals surface area (Å²) >= 11 is 0. The molecule has 2 N–H and O–H groups in total. The van der Waals surface area contributed by atoms with Crippen LogP contribution in [-0.2, 0) is 6.42 Å². The third kappa shape index (κ3) is 2.42. The molecule has 0 aliphatic heterocycles. The van der Waals surface area contributed by atoms with Crippen molar-refractivity contribution >= 4 is 0 Å². The van der Waals surface area contributed by atoms with Crippen LogP contribution in [0.2, 0.25) is 0 Å². The van der Waals surface area contributed by atoms with Crippen molar-refractivity contribution in [3.8, 4) is 0 Å². The lowest BCUT2D eigenvalue weighted by molar-refractivity contribution is 0.366. The van der Waals surface area contributed by atoms with Gasteiger partial charge in [0, 0.05) is 0 Å². The van der Waals surface area contributed by atoms with Crippen LogP contribution in [-0.4, -0.2) is 6.54 Å². The van der Waals surface area contributed by atoms with E-state index in [1.54, 1.807) is 18.2 Å². The number of nitrogens with two attached hydrogens (primary N) is 1. The molecule has 0 aromatic heterocycles. The van der Waals surface area contributed by atoms with E-state index in [1.165, 1.54) is 11.6 Å². The highest BCUT2D eigenvalue weighted by molar-refractivity contribution is 5.36. The van der Waals surface area contributed by atoms with E-state index >= 15 is 0 Å². The van der Waals surface area contributed by atoms with E-state index in [0.717, 1.165) is 24.8 Å². The minimum atomic E-state index is -0.222. The summed E-state index contributed by atoms with van der Waals surface area (Å²) in [6, 6.07) is 5.00. The molecule has 2 aliphatic rings. The van der Waals surface area contributed by atoms with Gasteiger partial charge in [-0.1, -0.05) is 12.1 Å². The van der Waals surface area contributed by atoms with Crippen LogP contribution >= 0.6 is 0 Å². The van der Waals surface area contributed by atoms with E-state index in [0.29, 0.717) is 12.5 Å². The fourth-order valence-electron chi connectivity index (χ4n) is 3.61. The van der Waals surface area contributed by atoms with Crippen LogP contribution in [0.25, 0.3) is 0 Å². The highest BCUT2D eigenvalue weighted by atomic mass is 19.1. The SMILES string of the molecule is NCCC1c2cc(F)ccc2CCC2C=CC(F)=CC21. The van der Waals surface area contributed by atoms with Crippen molar-refractivity contribution in [3.63, 3.8) is 0 Å². The van der Waals surface area contributed by atoms with Gasteiger partial charge in [-0.05, 0) is 79.0 Å². The lowest BCUT2D eigenvalue weighted by atomic mass is 9.75. The smallest absolute Gasteiger partial charge is 0.123 e. The predicted molar refractivity (Wildman–Crippen MR) is 76.4 cm³/mol. The van der Waals surface area contributed by atoms with Crippen molar-refractivity contribution < 1.29 is 8.78 Å². The maximum Gasteiger partial charge on any atom is 0.123 e. The molecule has 2 aliphatic carbocycles. The van der Waals surface area contributed by atoms with Gasteiger partial charge in [0.15, 0.2) is 0 Å². The Balaban J connectivity index is 2.06. The van der Waals surface area contributed by atoms with E-state index in [9.17, 15) is 8.78 Å². The van der Waals surface area contributed by atoms with Crippen molar-refractivity contribution in [3.05, 3.63) is 59.2 Å². The Morgan fingerprint density at radius 1 is 1.25 bits per heavy atom. The van der Waals surface area contributed by atoms with Gasteiger partial charge in [0.05, 0.1) is 0 Å². The highest BCUT2D eigenvalue weighted by Crippen LogP contribution is 2.44. The molecule has 3 rings (SSSR count). The van der Waals surface area contributed by atoms with Crippen LogP contribution in [0.3, 0.4) is 0 Å². The second-order valence-corrected chi connectivity index (χ2v) is 5.72. The molecule has 0 radical (unpaired) electrons. The van der Waals surface area contributed by atoms with Crippen LogP contribution in [0.5, 0.6) is 0 Å². The van der Waals surface area contributed by atoms with Crippen LogP contribution in [0.1, 0.15) is 29.9 Å². The molecule has 0 saturated carbocycles. The number of rotatable bonds is 2. The van der Waals surface area contributed by atoms with Gasteiger partial charge in [-0.3, -0.25) is 0 Å². The summed E-state index contributed by atoms with van der Waals surface area (Å²) in [6.45, 7) is 0.531. The van der Waals surface area contributed by atoms with Gasteiger partial charge in [-0.2, -0.15) is 0 Å². The monoisotopic (exact) mass is 275 g/mol. The molecule has 0 fully saturated rings. The number of fused-ring (bicyclic) bond motifs is 2. The summed E-state index contributed by atoms with van der Waals surface area (Å²) < 4.78 is 27.2. The topological polar surface area (TPSA) is 26.0 Å². The number of allylic oxidation sites excluding steroid dienone is 4. The van der Waals surface area contributed by atoms with Crippen molar-refractivity contribution in [2.45, 2.75) is 25.2 Å². The maximum atomic E-state index is 13.6. The van der Waals surface area contributed by atoms with Crippen LogP contribution in [0.15, 0.2) is 42.3 Å². The number of aryl methyl sites for hydroxylation is 1. The van der Waals surface area contributed by atoms with E-state index < -0.39 is 0 Å². The first kappa shape index (κ1) is 13.5. The van der Waals surface area contributed by atoms with Crippen LogP contribution in [0.4, 0.5) is 8.78 Å². The normalized spacial score (nSPS) is 28.4. The molecular formula is C17H19F2N. The standard InChI is InChI=1S/C17H19F2N/c18-13-5-3-11-1-2-12-4-6-14(19)10-17(12)15(7-8-20)16(11)9-13/h3-6,9-11,15-16H,1-2,7-8,20H2. The molecule has 20 heavy (non-hydrogen) atoms. The third-order valence-electron chi connectivity index (χ3n) is 4.55. The predicted octanol–water partition coefficient (Wildman–Crippen LogP) is 3.86. The largest absolute Gasteiger partial charge is 0.330 e.